The van der Waals surface area contributed by atoms with Gasteiger partial charge in [-0.05, 0) is 70.2 Å². The lowest BCUT2D eigenvalue weighted by atomic mass is 9.92. The smallest absolute Gasteiger partial charge is 0.243 e. The summed E-state index contributed by atoms with van der Waals surface area (Å²) in [5.74, 6) is 3.17. The molecule has 0 radical (unpaired) electrons. The molecule has 0 saturated heterocycles. The molecular weight excluding hydrogens is 352 g/mol. The average Bonchev–Trinajstić information content (AvgIpc) is 3.17. The summed E-state index contributed by atoms with van der Waals surface area (Å²) in [7, 11) is 0. The van der Waals surface area contributed by atoms with E-state index in [1.165, 1.54) is 33.5 Å². The molecule has 0 fully saturated rings. The summed E-state index contributed by atoms with van der Waals surface area (Å²) < 4.78 is 2.31. The molecular formula is C27H37N2+. The molecule has 0 aliphatic carbocycles. The van der Waals surface area contributed by atoms with Crippen LogP contribution in [0.5, 0.6) is 0 Å². The minimum atomic E-state index is 0.507. The average molecular weight is 390 g/mol. The van der Waals surface area contributed by atoms with Crippen molar-refractivity contribution in [2.45, 2.75) is 79.1 Å². The fourth-order valence-electron chi connectivity index (χ4n) is 3.72. The lowest BCUT2D eigenvalue weighted by molar-refractivity contribution is -0.582. The zero-order valence-electron chi connectivity index (χ0n) is 19.4. The Morgan fingerprint density at radius 2 is 1.00 bits per heavy atom. The minimum absolute atomic E-state index is 0.507. The van der Waals surface area contributed by atoms with E-state index in [2.05, 4.69) is 108 Å². The molecule has 0 aliphatic rings. The maximum absolute atomic E-state index is 3.51. The number of rotatable bonds is 6. The molecule has 2 heteroatoms. The lowest BCUT2D eigenvalue weighted by Gasteiger charge is -2.15. The topological polar surface area (TPSA) is 19.7 Å². The van der Waals surface area contributed by atoms with Crippen molar-refractivity contribution in [2.24, 2.45) is 0 Å². The Morgan fingerprint density at radius 1 is 0.586 bits per heavy atom. The number of aromatic amines is 1. The summed E-state index contributed by atoms with van der Waals surface area (Å²) in [6.07, 6.45) is 4.19. The van der Waals surface area contributed by atoms with Gasteiger partial charge in [0.2, 0.25) is 0 Å². The number of hydrogen-bond donors (Lipinski definition) is 1. The Balaban J connectivity index is 2.18. The lowest BCUT2D eigenvalue weighted by Crippen LogP contribution is -2.31. The number of aromatic nitrogens is 2. The van der Waals surface area contributed by atoms with Crippen LogP contribution in [0.4, 0.5) is 0 Å². The van der Waals surface area contributed by atoms with Crippen molar-refractivity contribution < 1.29 is 4.57 Å². The van der Waals surface area contributed by atoms with E-state index in [1.54, 1.807) is 0 Å². The van der Waals surface area contributed by atoms with Gasteiger partial charge >= 0.3 is 0 Å². The van der Waals surface area contributed by atoms with Crippen molar-refractivity contribution >= 4 is 0 Å². The minimum Gasteiger partial charge on any atom is -0.243 e. The van der Waals surface area contributed by atoms with Gasteiger partial charge in [0.05, 0.1) is 5.56 Å². The van der Waals surface area contributed by atoms with Crippen molar-refractivity contribution in [1.82, 2.24) is 4.98 Å². The second-order valence-corrected chi connectivity index (χ2v) is 9.54. The van der Waals surface area contributed by atoms with E-state index in [1.807, 2.05) is 6.20 Å². The zero-order valence-corrected chi connectivity index (χ0v) is 19.4. The molecule has 1 N–H and O–H groups in total. The standard InChI is InChI=1S/C27H36N2/c1-17(2)21-11-22(18(3)4)14-25(13-21)27-28-9-10-29(27)26-15-23(19(5)6)12-24(16-26)20(7)8/h9-20H,1-8H3/p+1. The van der Waals surface area contributed by atoms with Crippen LogP contribution in [0.1, 0.15) is 101 Å². The van der Waals surface area contributed by atoms with Crippen molar-refractivity contribution in [2.75, 3.05) is 0 Å². The van der Waals surface area contributed by atoms with Gasteiger partial charge in [0.1, 0.15) is 18.1 Å². The molecule has 154 valence electrons. The van der Waals surface area contributed by atoms with Gasteiger partial charge in [-0.25, -0.2) is 4.98 Å². The predicted octanol–water partition coefficient (Wildman–Crippen LogP) is 7.45. The molecule has 0 unspecified atom stereocenters. The predicted molar refractivity (Wildman–Crippen MR) is 124 cm³/mol. The molecule has 29 heavy (non-hydrogen) atoms. The van der Waals surface area contributed by atoms with Gasteiger partial charge in [0.25, 0.3) is 5.82 Å². The van der Waals surface area contributed by atoms with Crippen LogP contribution >= 0.6 is 0 Å². The molecule has 0 aliphatic heterocycles. The first kappa shape index (κ1) is 21.4. The maximum atomic E-state index is 3.51. The molecule has 3 rings (SSSR count). The van der Waals surface area contributed by atoms with Gasteiger partial charge in [-0.3, -0.25) is 0 Å². The summed E-state index contributed by atoms with van der Waals surface area (Å²) >= 11 is 0. The van der Waals surface area contributed by atoms with Crippen LogP contribution in [0.2, 0.25) is 0 Å². The molecule has 2 nitrogen and oxygen atoms in total. The highest BCUT2D eigenvalue weighted by atomic mass is 15.1. The van der Waals surface area contributed by atoms with Crippen LogP contribution in [-0.4, -0.2) is 4.98 Å². The van der Waals surface area contributed by atoms with Gasteiger partial charge in [-0.2, -0.15) is 4.57 Å². The highest BCUT2D eigenvalue weighted by Gasteiger charge is 2.20. The largest absolute Gasteiger partial charge is 0.291 e. The number of nitrogens with one attached hydrogen (secondary N) is 1. The summed E-state index contributed by atoms with van der Waals surface area (Å²) in [6, 6.07) is 14.1. The van der Waals surface area contributed by atoms with Gasteiger partial charge < -0.3 is 0 Å². The van der Waals surface area contributed by atoms with Crippen molar-refractivity contribution in [1.29, 1.82) is 0 Å². The fraction of sp³-hybridized carbons (Fsp3) is 0.444. The maximum Gasteiger partial charge on any atom is 0.291 e. The molecule has 0 atom stereocenters. The summed E-state index contributed by atoms with van der Waals surface area (Å²) in [6.45, 7) is 18.2. The fourth-order valence-corrected chi connectivity index (χ4v) is 3.72. The number of hydrogen-bond acceptors (Lipinski definition) is 0. The summed E-state index contributed by atoms with van der Waals surface area (Å²) in [4.78, 5) is 3.51. The molecule has 1 heterocycles. The van der Waals surface area contributed by atoms with Gasteiger partial charge in [0, 0.05) is 0 Å². The van der Waals surface area contributed by atoms with E-state index < -0.39 is 0 Å². The monoisotopic (exact) mass is 389 g/mol. The van der Waals surface area contributed by atoms with Crippen LogP contribution < -0.4 is 4.57 Å². The SMILES string of the molecule is CC(C)c1cc(-c2[nH]cc[n+]2-c2cc(C(C)C)cc(C(C)C)c2)cc(C(C)C)c1. The summed E-state index contributed by atoms with van der Waals surface area (Å²) in [5.41, 5.74) is 8.06. The van der Waals surface area contributed by atoms with E-state index in [-0.39, 0.29) is 0 Å². The van der Waals surface area contributed by atoms with Crippen LogP contribution in [0.25, 0.3) is 17.1 Å². The van der Waals surface area contributed by atoms with E-state index in [0.717, 1.165) is 5.82 Å². The van der Waals surface area contributed by atoms with Crippen LogP contribution in [0, 0.1) is 0 Å². The Hall–Kier alpha value is -2.35. The molecule has 0 spiro atoms. The third-order valence-corrected chi connectivity index (χ3v) is 5.84. The first-order chi connectivity index (χ1) is 13.7. The van der Waals surface area contributed by atoms with Gasteiger partial charge in [0.15, 0.2) is 0 Å². The highest BCUT2D eigenvalue weighted by Crippen LogP contribution is 2.29. The Kier molecular flexibility index (Phi) is 6.31. The van der Waals surface area contributed by atoms with E-state index in [0.29, 0.717) is 23.7 Å². The first-order valence-electron chi connectivity index (χ1n) is 11.1. The van der Waals surface area contributed by atoms with Crippen LogP contribution in [-0.2, 0) is 0 Å². The quantitative estimate of drug-likeness (QED) is 0.422. The Morgan fingerprint density at radius 3 is 1.41 bits per heavy atom. The first-order valence-corrected chi connectivity index (χ1v) is 11.1. The normalized spacial score (nSPS) is 12.0. The molecule has 3 aromatic rings. The summed E-state index contributed by atoms with van der Waals surface area (Å²) in [5, 5.41) is 0. The van der Waals surface area contributed by atoms with Gasteiger partial charge in [-0.15, -0.1) is 0 Å². The van der Waals surface area contributed by atoms with E-state index >= 15 is 0 Å². The van der Waals surface area contributed by atoms with E-state index in [4.69, 9.17) is 0 Å². The Labute approximate surface area is 177 Å². The van der Waals surface area contributed by atoms with E-state index in [9.17, 15) is 0 Å². The van der Waals surface area contributed by atoms with Crippen LogP contribution in [0.15, 0.2) is 48.8 Å². The van der Waals surface area contributed by atoms with Crippen molar-refractivity contribution in [3.63, 3.8) is 0 Å². The van der Waals surface area contributed by atoms with Crippen molar-refractivity contribution in [3.05, 3.63) is 71.0 Å². The molecule has 0 amide bonds. The second kappa shape index (κ2) is 8.57. The Bertz CT molecular complexity index is 843. The molecule has 0 saturated carbocycles. The second-order valence-electron chi connectivity index (χ2n) is 9.54. The van der Waals surface area contributed by atoms with Crippen LogP contribution in [0.3, 0.4) is 0 Å². The van der Waals surface area contributed by atoms with Crippen molar-refractivity contribution in [3.8, 4) is 17.1 Å². The third kappa shape index (κ3) is 4.63. The van der Waals surface area contributed by atoms with Gasteiger partial charge in [-0.1, -0.05) is 67.5 Å². The zero-order chi connectivity index (χ0) is 21.3. The molecule has 2 aromatic carbocycles. The molecule has 0 bridgehead atoms. The number of nitrogens with zero attached hydrogens (tertiary/aromatic N) is 1. The number of benzene rings is 2. The third-order valence-electron chi connectivity index (χ3n) is 5.84. The highest BCUT2D eigenvalue weighted by molar-refractivity contribution is 5.57. The molecule has 1 aromatic heterocycles. The number of imidazole rings is 1. The number of H-pyrrole nitrogens is 1.